The molecule has 140 valence electrons. The van der Waals surface area contributed by atoms with Gasteiger partial charge in [-0.3, -0.25) is 0 Å². The number of amides is 2. The third kappa shape index (κ3) is 2.90. The molecule has 2 unspecified atom stereocenters. The molecular formula is C22H24FN3O. The number of halogens is 1. The van der Waals surface area contributed by atoms with E-state index in [9.17, 15) is 9.18 Å². The van der Waals surface area contributed by atoms with E-state index in [0.717, 1.165) is 43.4 Å². The third-order valence-electron chi connectivity index (χ3n) is 6.39. The molecule has 0 radical (unpaired) electrons. The van der Waals surface area contributed by atoms with Crippen LogP contribution in [0.1, 0.15) is 42.0 Å². The van der Waals surface area contributed by atoms with E-state index < -0.39 is 0 Å². The first-order chi connectivity index (χ1) is 13.2. The second-order valence-electron chi connectivity index (χ2n) is 7.97. The predicted octanol–water partition coefficient (Wildman–Crippen LogP) is 3.38. The summed E-state index contributed by atoms with van der Waals surface area (Å²) in [6, 6.07) is 14.8. The van der Waals surface area contributed by atoms with Crippen molar-refractivity contribution in [3.63, 3.8) is 0 Å². The second-order valence-corrected chi connectivity index (χ2v) is 7.97. The Morgan fingerprint density at radius 3 is 2.70 bits per heavy atom. The minimum absolute atomic E-state index is 0.0150. The van der Waals surface area contributed by atoms with Crippen molar-refractivity contribution in [1.29, 1.82) is 0 Å². The average Bonchev–Trinajstić information content (AvgIpc) is 3.37. The minimum atomic E-state index is -0.258. The van der Waals surface area contributed by atoms with Crippen LogP contribution in [0.5, 0.6) is 0 Å². The van der Waals surface area contributed by atoms with Crippen LogP contribution in [-0.4, -0.2) is 35.6 Å². The fourth-order valence-corrected chi connectivity index (χ4v) is 4.76. The number of nitrogens with zero attached hydrogens (tertiary/aromatic N) is 1. The summed E-state index contributed by atoms with van der Waals surface area (Å²) in [5.74, 6) is -0.258. The van der Waals surface area contributed by atoms with E-state index in [0.29, 0.717) is 6.54 Å². The summed E-state index contributed by atoms with van der Waals surface area (Å²) in [6.07, 6.45) is 4.11. The summed E-state index contributed by atoms with van der Waals surface area (Å²) in [4.78, 5) is 15.2. The Labute approximate surface area is 158 Å². The van der Waals surface area contributed by atoms with E-state index in [1.165, 1.54) is 17.7 Å². The molecule has 2 aromatic rings. The molecule has 1 spiro atoms. The lowest BCUT2D eigenvalue weighted by molar-refractivity contribution is 0.174. The van der Waals surface area contributed by atoms with Crippen LogP contribution in [0.4, 0.5) is 9.18 Å². The van der Waals surface area contributed by atoms with Crippen LogP contribution < -0.4 is 10.6 Å². The van der Waals surface area contributed by atoms with Crippen molar-refractivity contribution in [2.45, 2.75) is 43.3 Å². The average molecular weight is 365 g/mol. The minimum Gasteiger partial charge on any atom is -0.333 e. The van der Waals surface area contributed by atoms with E-state index in [1.54, 1.807) is 12.1 Å². The number of nitrogens with one attached hydrogen (secondary N) is 2. The first-order valence-corrected chi connectivity index (χ1v) is 9.82. The molecule has 2 N–H and O–H groups in total. The summed E-state index contributed by atoms with van der Waals surface area (Å²) in [5.41, 5.74) is 3.48. The molecule has 5 heteroatoms. The Hall–Kier alpha value is -2.40. The molecule has 2 aromatic carbocycles. The lowest BCUT2D eigenvalue weighted by Gasteiger charge is -2.38. The van der Waals surface area contributed by atoms with Crippen LogP contribution in [0.25, 0.3) is 0 Å². The fraction of sp³-hybridized carbons (Fsp3) is 0.409. The van der Waals surface area contributed by atoms with Crippen LogP contribution in [0.3, 0.4) is 0 Å². The maximum atomic E-state index is 13.5. The van der Waals surface area contributed by atoms with E-state index in [2.05, 4.69) is 22.8 Å². The van der Waals surface area contributed by atoms with Gasteiger partial charge in [-0.25, -0.2) is 9.18 Å². The van der Waals surface area contributed by atoms with E-state index in [-0.39, 0.29) is 29.5 Å². The number of urea groups is 1. The first-order valence-electron chi connectivity index (χ1n) is 9.82. The molecule has 3 aliphatic rings. The van der Waals surface area contributed by atoms with Gasteiger partial charge < -0.3 is 15.5 Å². The molecular weight excluding hydrogens is 341 g/mol. The largest absolute Gasteiger partial charge is 0.333 e. The van der Waals surface area contributed by atoms with Gasteiger partial charge in [-0.1, -0.05) is 36.4 Å². The highest BCUT2D eigenvalue weighted by Gasteiger charge is 2.53. The third-order valence-corrected chi connectivity index (χ3v) is 6.39. The molecule has 2 atom stereocenters. The molecule has 27 heavy (non-hydrogen) atoms. The van der Waals surface area contributed by atoms with Gasteiger partial charge in [-0.15, -0.1) is 0 Å². The lowest BCUT2D eigenvalue weighted by atomic mass is 9.88. The Bertz CT molecular complexity index is 862. The Balaban J connectivity index is 1.46. The number of benzene rings is 2. The highest BCUT2D eigenvalue weighted by molar-refractivity contribution is 5.76. The summed E-state index contributed by atoms with van der Waals surface area (Å²) >= 11 is 0. The number of fused-ring (bicyclic) bond motifs is 1. The highest BCUT2D eigenvalue weighted by Crippen LogP contribution is 2.43. The maximum Gasteiger partial charge on any atom is 0.318 e. The van der Waals surface area contributed by atoms with Crippen molar-refractivity contribution in [2.24, 2.45) is 0 Å². The fourth-order valence-electron chi connectivity index (χ4n) is 4.76. The van der Waals surface area contributed by atoms with Crippen LogP contribution in [0.2, 0.25) is 0 Å². The van der Waals surface area contributed by atoms with Gasteiger partial charge in [0.05, 0.1) is 6.04 Å². The number of carbonyl (C=O) groups is 1. The molecule has 2 heterocycles. The number of hydrogen-bond donors (Lipinski definition) is 2. The molecule has 5 rings (SSSR count). The zero-order valence-corrected chi connectivity index (χ0v) is 15.2. The molecule has 2 amide bonds. The second kappa shape index (κ2) is 6.34. The summed E-state index contributed by atoms with van der Waals surface area (Å²) in [6.45, 7) is 1.63. The molecule has 2 aliphatic heterocycles. The zero-order chi connectivity index (χ0) is 18.4. The van der Waals surface area contributed by atoms with Gasteiger partial charge >= 0.3 is 6.03 Å². The number of carbonyl (C=O) groups excluding carboxylic acids is 1. The normalized spacial score (nSPS) is 25.3. The Morgan fingerprint density at radius 1 is 1.15 bits per heavy atom. The van der Waals surface area contributed by atoms with Gasteiger partial charge in [0, 0.05) is 18.1 Å². The van der Waals surface area contributed by atoms with Gasteiger partial charge in [0.1, 0.15) is 5.82 Å². The lowest BCUT2D eigenvalue weighted by Crippen LogP contribution is -2.52. The monoisotopic (exact) mass is 365 g/mol. The van der Waals surface area contributed by atoms with Crippen LogP contribution in [0, 0.1) is 5.82 Å². The van der Waals surface area contributed by atoms with Crippen molar-refractivity contribution in [2.75, 3.05) is 13.1 Å². The van der Waals surface area contributed by atoms with Crippen molar-refractivity contribution >= 4 is 6.03 Å². The Morgan fingerprint density at radius 2 is 1.93 bits per heavy atom. The molecule has 2 fully saturated rings. The number of rotatable bonds is 2. The molecule has 1 saturated heterocycles. The predicted molar refractivity (Wildman–Crippen MR) is 102 cm³/mol. The molecule has 0 bridgehead atoms. The number of hydrogen-bond acceptors (Lipinski definition) is 2. The van der Waals surface area contributed by atoms with E-state index in [1.807, 2.05) is 17.0 Å². The van der Waals surface area contributed by atoms with Gasteiger partial charge in [0.15, 0.2) is 0 Å². The summed E-state index contributed by atoms with van der Waals surface area (Å²) < 4.78 is 13.5. The van der Waals surface area contributed by atoms with Gasteiger partial charge in [-0.2, -0.15) is 0 Å². The van der Waals surface area contributed by atoms with Crippen LogP contribution >= 0.6 is 0 Å². The smallest absolute Gasteiger partial charge is 0.318 e. The van der Waals surface area contributed by atoms with Crippen molar-refractivity contribution < 1.29 is 9.18 Å². The van der Waals surface area contributed by atoms with Crippen molar-refractivity contribution in [1.82, 2.24) is 15.5 Å². The highest BCUT2D eigenvalue weighted by atomic mass is 19.1. The van der Waals surface area contributed by atoms with Gasteiger partial charge in [-0.05, 0) is 61.1 Å². The van der Waals surface area contributed by atoms with Gasteiger partial charge in [0.25, 0.3) is 0 Å². The van der Waals surface area contributed by atoms with Crippen molar-refractivity contribution in [3.05, 3.63) is 71.0 Å². The van der Waals surface area contributed by atoms with E-state index in [4.69, 9.17) is 0 Å². The maximum absolute atomic E-state index is 13.5. The summed E-state index contributed by atoms with van der Waals surface area (Å²) in [7, 11) is 0. The topological polar surface area (TPSA) is 44.4 Å². The van der Waals surface area contributed by atoms with Crippen LogP contribution in [-0.2, 0) is 6.42 Å². The standard InChI is InChI=1S/C22H24FN3O/c23-17-7-5-16(6-8-17)20-18-4-2-1-3-15(18)10-14-26(20)21(27)25-19-9-13-24-22(19)11-12-22/h1-8,19-20,24H,9-14H2,(H,25,27). The quantitative estimate of drug-likeness (QED) is 0.857. The van der Waals surface area contributed by atoms with Gasteiger partial charge in [0.2, 0.25) is 0 Å². The van der Waals surface area contributed by atoms with E-state index >= 15 is 0 Å². The van der Waals surface area contributed by atoms with Crippen molar-refractivity contribution in [3.8, 4) is 0 Å². The first kappa shape index (κ1) is 16.8. The molecule has 4 nitrogen and oxygen atoms in total. The molecule has 1 saturated carbocycles. The SMILES string of the molecule is O=C(NC1CCNC12CC2)N1CCc2ccccc2C1c1ccc(F)cc1. The zero-order valence-electron chi connectivity index (χ0n) is 15.2. The van der Waals surface area contributed by atoms with Crippen LogP contribution in [0.15, 0.2) is 48.5 Å². The Kier molecular flexibility index (Phi) is 3.93. The molecule has 1 aliphatic carbocycles. The molecule has 0 aromatic heterocycles. The summed E-state index contributed by atoms with van der Waals surface area (Å²) in [5, 5.41) is 6.85.